The van der Waals surface area contributed by atoms with Gasteiger partial charge in [-0.05, 0) is 24.1 Å². The number of fused-ring (bicyclic) bond motifs is 1. The molecule has 0 spiro atoms. The van der Waals surface area contributed by atoms with E-state index in [2.05, 4.69) is 15.3 Å². The molecule has 1 saturated heterocycles. The van der Waals surface area contributed by atoms with Gasteiger partial charge in [0.15, 0.2) is 5.58 Å². The molecular formula is C20H13N3O3S2. The Kier molecular flexibility index (Phi) is 4.22. The molecule has 2 aromatic carbocycles. The van der Waals surface area contributed by atoms with E-state index in [1.807, 2.05) is 53.9 Å². The third-order valence-corrected chi connectivity index (χ3v) is 6.26. The van der Waals surface area contributed by atoms with Gasteiger partial charge in [-0.1, -0.05) is 48.2 Å². The highest BCUT2D eigenvalue weighted by Crippen LogP contribution is 2.31. The molecule has 2 amide bonds. The Balaban J connectivity index is 1.42. The van der Waals surface area contributed by atoms with Crippen LogP contribution in [-0.4, -0.2) is 26.4 Å². The summed E-state index contributed by atoms with van der Waals surface area (Å²) in [5, 5.41) is 4.46. The van der Waals surface area contributed by atoms with Crippen LogP contribution in [0.5, 0.6) is 0 Å². The highest BCUT2D eigenvalue weighted by Gasteiger charge is 2.31. The van der Waals surface area contributed by atoms with Crippen LogP contribution < -0.4 is 5.32 Å². The molecule has 1 unspecified atom stereocenters. The smallest absolute Gasteiger partial charge is 0.286 e. The van der Waals surface area contributed by atoms with Crippen molar-refractivity contribution in [1.82, 2.24) is 15.3 Å². The van der Waals surface area contributed by atoms with Gasteiger partial charge in [0.25, 0.3) is 5.24 Å². The van der Waals surface area contributed by atoms with Crippen LogP contribution >= 0.6 is 23.1 Å². The third kappa shape index (κ3) is 3.21. The molecular weight excluding hydrogens is 394 g/mol. The number of carbonyl (C=O) groups excluding carboxylic acids is 2. The fourth-order valence-corrected chi connectivity index (χ4v) is 4.70. The fourth-order valence-electron chi connectivity index (χ4n) is 3.04. The summed E-state index contributed by atoms with van der Waals surface area (Å²) in [7, 11) is 0. The maximum Gasteiger partial charge on any atom is 0.286 e. The first-order chi connectivity index (χ1) is 13.7. The van der Waals surface area contributed by atoms with Crippen LogP contribution in [-0.2, 0) is 11.2 Å². The van der Waals surface area contributed by atoms with E-state index in [0.717, 1.165) is 27.9 Å². The topological polar surface area (TPSA) is 85.1 Å². The van der Waals surface area contributed by atoms with Crippen molar-refractivity contribution in [3.8, 4) is 22.2 Å². The number of hydrogen-bond acceptors (Lipinski definition) is 7. The average Bonchev–Trinajstić information content (AvgIpc) is 3.41. The van der Waals surface area contributed by atoms with E-state index in [1.54, 1.807) is 11.3 Å². The number of hydrogen-bond donors (Lipinski definition) is 1. The molecule has 6 nitrogen and oxygen atoms in total. The van der Waals surface area contributed by atoms with Crippen LogP contribution in [0.4, 0.5) is 4.79 Å². The summed E-state index contributed by atoms with van der Waals surface area (Å²) >= 11 is 2.57. The molecule has 8 heteroatoms. The molecule has 28 heavy (non-hydrogen) atoms. The van der Waals surface area contributed by atoms with Gasteiger partial charge >= 0.3 is 0 Å². The highest BCUT2D eigenvalue weighted by molar-refractivity contribution is 8.15. The number of amides is 2. The molecule has 5 rings (SSSR count). The Morgan fingerprint density at radius 2 is 1.93 bits per heavy atom. The average molecular weight is 407 g/mol. The molecule has 4 aromatic rings. The Morgan fingerprint density at radius 3 is 2.71 bits per heavy atom. The molecule has 1 aliphatic heterocycles. The van der Waals surface area contributed by atoms with Crippen molar-refractivity contribution in [3.05, 3.63) is 59.5 Å². The minimum absolute atomic E-state index is 0.244. The highest BCUT2D eigenvalue weighted by atomic mass is 32.2. The van der Waals surface area contributed by atoms with Gasteiger partial charge < -0.3 is 4.42 Å². The molecule has 0 radical (unpaired) electrons. The molecule has 1 fully saturated rings. The molecule has 1 aliphatic rings. The maximum absolute atomic E-state index is 11.8. The quantitative estimate of drug-likeness (QED) is 0.536. The number of rotatable bonds is 4. The van der Waals surface area contributed by atoms with Gasteiger partial charge in [-0.25, -0.2) is 9.97 Å². The predicted molar refractivity (Wildman–Crippen MR) is 109 cm³/mol. The minimum atomic E-state index is -0.400. The number of carbonyl (C=O) groups is 2. The first-order valence-electron chi connectivity index (χ1n) is 8.58. The van der Waals surface area contributed by atoms with Gasteiger partial charge in [-0.15, -0.1) is 11.3 Å². The fraction of sp³-hybridized carbons (Fsp3) is 0.100. The van der Waals surface area contributed by atoms with E-state index < -0.39 is 5.25 Å². The zero-order valence-corrected chi connectivity index (χ0v) is 16.0. The molecule has 0 bridgehead atoms. The summed E-state index contributed by atoms with van der Waals surface area (Å²) in [6, 6.07) is 15.6. The van der Waals surface area contributed by atoms with Gasteiger partial charge in [0.05, 0.1) is 5.25 Å². The molecule has 138 valence electrons. The maximum atomic E-state index is 11.8. The SMILES string of the molecule is O=C1NC(=O)C(Cc2ccc3oc(-c4csc(-c5ccccc5)n4)nc3c2)S1. The number of imide groups is 1. The molecule has 2 aromatic heterocycles. The zero-order valence-electron chi connectivity index (χ0n) is 14.4. The number of nitrogens with zero attached hydrogens (tertiary/aromatic N) is 2. The van der Waals surface area contributed by atoms with Crippen LogP contribution in [0.1, 0.15) is 5.56 Å². The van der Waals surface area contributed by atoms with Crippen molar-refractivity contribution in [3.63, 3.8) is 0 Å². The monoisotopic (exact) mass is 407 g/mol. The van der Waals surface area contributed by atoms with E-state index in [0.29, 0.717) is 29.1 Å². The van der Waals surface area contributed by atoms with E-state index in [1.165, 1.54) is 0 Å². The van der Waals surface area contributed by atoms with Crippen LogP contribution in [0.15, 0.2) is 58.3 Å². The molecule has 0 aliphatic carbocycles. The minimum Gasteiger partial charge on any atom is -0.435 e. The molecule has 3 heterocycles. The lowest BCUT2D eigenvalue weighted by molar-refractivity contribution is -0.118. The van der Waals surface area contributed by atoms with Crippen molar-refractivity contribution in [2.75, 3.05) is 0 Å². The lowest BCUT2D eigenvalue weighted by Crippen LogP contribution is -2.25. The number of nitrogens with one attached hydrogen (secondary N) is 1. The van der Waals surface area contributed by atoms with Crippen molar-refractivity contribution < 1.29 is 14.0 Å². The Bertz CT molecular complexity index is 1200. The summed E-state index contributed by atoms with van der Waals surface area (Å²) in [5.41, 5.74) is 4.04. The summed E-state index contributed by atoms with van der Waals surface area (Å²) < 4.78 is 5.86. The lowest BCUT2D eigenvalue weighted by atomic mass is 10.1. The molecule has 1 atom stereocenters. The number of thioether (sulfide) groups is 1. The largest absolute Gasteiger partial charge is 0.435 e. The number of thiazole rings is 1. The number of aromatic nitrogens is 2. The second-order valence-corrected chi connectivity index (χ2v) is 8.35. The standard InChI is InChI=1S/C20H13N3O3S2/c24-17-16(28-20(25)23-17)9-11-6-7-15-13(8-11)21-18(26-15)14-10-27-19(22-14)12-4-2-1-3-5-12/h1-8,10,16H,9H2,(H,23,24,25). The van der Waals surface area contributed by atoms with E-state index in [9.17, 15) is 9.59 Å². The van der Waals surface area contributed by atoms with Crippen LogP contribution in [0, 0.1) is 0 Å². The first-order valence-corrected chi connectivity index (χ1v) is 10.3. The van der Waals surface area contributed by atoms with E-state index in [4.69, 9.17) is 4.42 Å². The Hall–Kier alpha value is -2.97. The summed E-state index contributed by atoms with van der Waals surface area (Å²) in [6.07, 6.45) is 0.467. The number of benzene rings is 2. The normalized spacial score (nSPS) is 16.6. The van der Waals surface area contributed by atoms with Crippen molar-refractivity contribution in [1.29, 1.82) is 0 Å². The summed E-state index contributed by atoms with van der Waals surface area (Å²) in [5.74, 6) is 0.223. The third-order valence-electron chi connectivity index (χ3n) is 4.38. The second kappa shape index (κ2) is 6.88. The van der Waals surface area contributed by atoms with Crippen LogP contribution in [0.3, 0.4) is 0 Å². The molecule has 0 saturated carbocycles. The Morgan fingerprint density at radius 1 is 1.07 bits per heavy atom. The van der Waals surface area contributed by atoms with Crippen LogP contribution in [0.25, 0.3) is 33.3 Å². The van der Waals surface area contributed by atoms with Crippen molar-refractivity contribution in [2.24, 2.45) is 0 Å². The predicted octanol–water partition coefficient (Wildman–Crippen LogP) is 4.51. The lowest BCUT2D eigenvalue weighted by Gasteiger charge is -2.04. The van der Waals surface area contributed by atoms with Gasteiger partial charge in [-0.3, -0.25) is 14.9 Å². The van der Waals surface area contributed by atoms with Gasteiger partial charge in [0.1, 0.15) is 16.2 Å². The summed E-state index contributed by atoms with van der Waals surface area (Å²) in [4.78, 5) is 32.3. The Labute approximate surface area is 168 Å². The van der Waals surface area contributed by atoms with Crippen molar-refractivity contribution >= 4 is 45.3 Å². The number of oxazole rings is 1. The van der Waals surface area contributed by atoms with Crippen molar-refractivity contribution in [2.45, 2.75) is 11.7 Å². The van der Waals surface area contributed by atoms with E-state index >= 15 is 0 Å². The van der Waals surface area contributed by atoms with Gasteiger partial charge in [0.2, 0.25) is 11.8 Å². The van der Waals surface area contributed by atoms with Crippen LogP contribution in [0.2, 0.25) is 0 Å². The van der Waals surface area contributed by atoms with Gasteiger partial charge in [0, 0.05) is 10.9 Å². The molecule has 1 N–H and O–H groups in total. The first kappa shape index (κ1) is 17.2. The zero-order chi connectivity index (χ0) is 19.1. The van der Waals surface area contributed by atoms with Gasteiger partial charge in [-0.2, -0.15) is 0 Å². The summed E-state index contributed by atoms with van der Waals surface area (Å²) in [6.45, 7) is 0. The second-order valence-electron chi connectivity index (χ2n) is 6.31. The van der Waals surface area contributed by atoms with E-state index in [-0.39, 0.29) is 11.1 Å².